The van der Waals surface area contributed by atoms with E-state index in [4.69, 9.17) is 4.42 Å². The highest BCUT2D eigenvalue weighted by Crippen LogP contribution is 2.13. The minimum Gasteiger partial charge on any atom is -0.459 e. The van der Waals surface area contributed by atoms with Gasteiger partial charge in [-0.2, -0.15) is 0 Å². The molecule has 8 nitrogen and oxygen atoms in total. The zero-order valence-corrected chi connectivity index (χ0v) is 18.7. The molecule has 1 aromatic carbocycles. The normalized spacial score (nSPS) is 14.7. The first-order chi connectivity index (χ1) is 15.7. The third-order valence-electron chi connectivity index (χ3n) is 5.29. The van der Waals surface area contributed by atoms with Gasteiger partial charge in [0.25, 0.3) is 5.91 Å². The molecule has 0 atom stereocenters. The number of guanidine groups is 1. The van der Waals surface area contributed by atoms with Gasteiger partial charge in [-0.25, -0.2) is 4.99 Å². The zero-order valence-electron chi connectivity index (χ0n) is 18.7. The molecule has 0 unspecified atom stereocenters. The van der Waals surface area contributed by atoms with Gasteiger partial charge >= 0.3 is 0 Å². The summed E-state index contributed by atoms with van der Waals surface area (Å²) in [5.74, 6) is 1.04. The Hall–Kier alpha value is -3.29. The number of anilines is 1. The molecule has 1 aliphatic heterocycles. The van der Waals surface area contributed by atoms with Crippen molar-refractivity contribution in [2.24, 2.45) is 4.99 Å². The van der Waals surface area contributed by atoms with Gasteiger partial charge in [0.05, 0.1) is 12.8 Å². The third-order valence-corrected chi connectivity index (χ3v) is 5.29. The first-order valence-electron chi connectivity index (χ1n) is 11.4. The first-order valence-corrected chi connectivity index (χ1v) is 11.4. The van der Waals surface area contributed by atoms with E-state index in [1.54, 1.807) is 12.1 Å². The summed E-state index contributed by atoms with van der Waals surface area (Å²) in [4.78, 5) is 30.8. The number of aliphatic imine (C=N–C) groups is 1. The second-order valence-electron chi connectivity index (χ2n) is 7.80. The predicted molar refractivity (Wildman–Crippen MR) is 126 cm³/mol. The summed E-state index contributed by atoms with van der Waals surface area (Å²) in [5.41, 5.74) is 1.74. The molecular weight excluding hydrogens is 406 g/mol. The number of hydrogen-bond donors (Lipinski definition) is 3. The van der Waals surface area contributed by atoms with Crippen molar-refractivity contribution in [1.82, 2.24) is 15.5 Å². The third kappa shape index (κ3) is 7.44. The summed E-state index contributed by atoms with van der Waals surface area (Å²) >= 11 is 0. The number of benzene rings is 1. The van der Waals surface area contributed by atoms with Crippen LogP contribution in [0.5, 0.6) is 0 Å². The molecule has 3 rings (SSSR count). The lowest BCUT2D eigenvalue weighted by Gasteiger charge is -2.20. The topological polar surface area (TPSA) is 99.0 Å². The van der Waals surface area contributed by atoms with Gasteiger partial charge in [0, 0.05) is 38.3 Å². The van der Waals surface area contributed by atoms with Gasteiger partial charge in [-0.1, -0.05) is 18.6 Å². The fourth-order valence-electron chi connectivity index (χ4n) is 3.56. The van der Waals surface area contributed by atoms with E-state index in [1.807, 2.05) is 36.1 Å². The van der Waals surface area contributed by atoms with Gasteiger partial charge in [0.15, 0.2) is 11.7 Å². The van der Waals surface area contributed by atoms with Crippen molar-refractivity contribution in [2.45, 2.75) is 45.6 Å². The Morgan fingerprint density at radius 3 is 2.72 bits per heavy atom. The molecule has 1 saturated heterocycles. The fraction of sp³-hybridized carbons (Fsp3) is 0.458. The van der Waals surface area contributed by atoms with Crippen molar-refractivity contribution >= 4 is 23.5 Å². The molecule has 0 saturated carbocycles. The Balaban J connectivity index is 1.44. The van der Waals surface area contributed by atoms with Crippen LogP contribution >= 0.6 is 0 Å². The standard InChI is InChI=1S/C24H33N5O3/c1-2-25-24(26-14-7-16-29-15-5-3-4-9-22(29)30)27-18-19-10-12-20(13-11-19)28-23(31)21-8-6-17-32-21/h6,8,10-13,17H,2-5,7,9,14-16,18H2,1H3,(H,28,31)(H2,25,26,27). The molecule has 1 aromatic heterocycles. The lowest BCUT2D eigenvalue weighted by Crippen LogP contribution is -2.39. The van der Waals surface area contributed by atoms with Crippen LogP contribution in [0, 0.1) is 0 Å². The summed E-state index contributed by atoms with van der Waals surface area (Å²) in [5, 5.41) is 9.41. The van der Waals surface area contributed by atoms with E-state index >= 15 is 0 Å². The average Bonchev–Trinajstić information content (AvgIpc) is 3.27. The van der Waals surface area contributed by atoms with Gasteiger partial charge in [-0.05, 0) is 56.0 Å². The molecule has 0 aliphatic carbocycles. The highest BCUT2D eigenvalue weighted by molar-refractivity contribution is 6.02. The fourth-order valence-corrected chi connectivity index (χ4v) is 3.56. The Bertz CT molecular complexity index is 878. The molecule has 0 bridgehead atoms. The number of nitrogens with one attached hydrogen (secondary N) is 3. The molecule has 3 N–H and O–H groups in total. The van der Waals surface area contributed by atoms with E-state index in [0.29, 0.717) is 18.7 Å². The smallest absolute Gasteiger partial charge is 0.291 e. The predicted octanol–water partition coefficient (Wildman–Crippen LogP) is 3.38. The SMILES string of the molecule is CCNC(=NCc1ccc(NC(=O)c2ccco2)cc1)NCCCN1CCCCCC1=O. The maximum atomic E-state index is 12.1. The molecule has 8 heteroatoms. The highest BCUT2D eigenvalue weighted by atomic mass is 16.3. The molecule has 1 fully saturated rings. The first kappa shape index (κ1) is 23.4. The summed E-state index contributed by atoms with van der Waals surface area (Å²) in [6, 6.07) is 10.9. The average molecular weight is 440 g/mol. The Kier molecular flexibility index (Phi) is 9.16. The lowest BCUT2D eigenvalue weighted by molar-refractivity contribution is -0.130. The molecular formula is C24H33N5O3. The number of nitrogens with zero attached hydrogens (tertiary/aromatic N) is 2. The van der Waals surface area contributed by atoms with Crippen LogP contribution in [-0.4, -0.2) is 48.9 Å². The van der Waals surface area contributed by atoms with E-state index in [1.165, 1.54) is 6.26 Å². The van der Waals surface area contributed by atoms with E-state index in [9.17, 15) is 9.59 Å². The van der Waals surface area contributed by atoms with Crippen LogP contribution in [0.2, 0.25) is 0 Å². The van der Waals surface area contributed by atoms with Crippen LogP contribution in [-0.2, 0) is 11.3 Å². The molecule has 0 spiro atoms. The van der Waals surface area contributed by atoms with Crippen molar-refractivity contribution in [3.63, 3.8) is 0 Å². The second-order valence-corrected chi connectivity index (χ2v) is 7.80. The summed E-state index contributed by atoms with van der Waals surface area (Å²) in [6.07, 6.45) is 6.31. The van der Waals surface area contributed by atoms with Crippen LogP contribution in [0.4, 0.5) is 5.69 Å². The minimum absolute atomic E-state index is 0.277. The summed E-state index contributed by atoms with van der Waals surface area (Å²) < 4.78 is 5.10. The molecule has 2 aromatic rings. The van der Waals surface area contributed by atoms with Gasteiger partial charge in [-0.15, -0.1) is 0 Å². The van der Waals surface area contributed by atoms with E-state index < -0.39 is 0 Å². The van der Waals surface area contributed by atoms with Gasteiger partial charge in [0.1, 0.15) is 0 Å². The molecule has 2 amide bonds. The number of carbonyl (C=O) groups excluding carboxylic acids is 2. The molecule has 0 radical (unpaired) electrons. The quantitative estimate of drug-likeness (QED) is 0.316. The van der Waals surface area contributed by atoms with Crippen LogP contribution in [0.15, 0.2) is 52.1 Å². The van der Waals surface area contributed by atoms with E-state index in [2.05, 4.69) is 20.9 Å². The van der Waals surface area contributed by atoms with Crippen molar-refractivity contribution in [3.8, 4) is 0 Å². The molecule has 172 valence electrons. The molecule has 2 heterocycles. The van der Waals surface area contributed by atoms with Crippen LogP contribution in [0.3, 0.4) is 0 Å². The van der Waals surface area contributed by atoms with Gasteiger partial charge < -0.3 is 25.3 Å². The number of amides is 2. The van der Waals surface area contributed by atoms with Gasteiger partial charge in [0.2, 0.25) is 5.91 Å². The minimum atomic E-state index is -0.277. The van der Waals surface area contributed by atoms with E-state index in [0.717, 1.165) is 63.4 Å². The number of furan rings is 1. The second kappa shape index (κ2) is 12.5. The number of hydrogen-bond acceptors (Lipinski definition) is 4. The van der Waals surface area contributed by atoms with Crippen molar-refractivity contribution in [3.05, 3.63) is 54.0 Å². The number of rotatable bonds is 9. The summed E-state index contributed by atoms with van der Waals surface area (Å²) in [6.45, 7) is 5.75. The van der Waals surface area contributed by atoms with Crippen molar-refractivity contribution < 1.29 is 14.0 Å². The van der Waals surface area contributed by atoms with Crippen LogP contribution in [0.25, 0.3) is 0 Å². The number of carbonyl (C=O) groups is 2. The Morgan fingerprint density at radius 1 is 1.12 bits per heavy atom. The van der Waals surface area contributed by atoms with Crippen molar-refractivity contribution in [2.75, 3.05) is 31.5 Å². The van der Waals surface area contributed by atoms with Crippen LogP contribution in [0.1, 0.15) is 55.1 Å². The summed E-state index contributed by atoms with van der Waals surface area (Å²) in [7, 11) is 0. The maximum absolute atomic E-state index is 12.1. The lowest BCUT2D eigenvalue weighted by atomic mass is 10.2. The number of likely N-dealkylation sites (tertiary alicyclic amines) is 1. The van der Waals surface area contributed by atoms with Crippen LogP contribution < -0.4 is 16.0 Å². The molecule has 1 aliphatic rings. The highest BCUT2D eigenvalue weighted by Gasteiger charge is 2.15. The monoisotopic (exact) mass is 439 g/mol. The van der Waals surface area contributed by atoms with Gasteiger partial charge in [-0.3, -0.25) is 9.59 Å². The largest absolute Gasteiger partial charge is 0.459 e. The van der Waals surface area contributed by atoms with Crippen molar-refractivity contribution in [1.29, 1.82) is 0 Å². The Labute approximate surface area is 189 Å². The zero-order chi connectivity index (χ0) is 22.6. The Morgan fingerprint density at radius 2 is 1.97 bits per heavy atom. The molecule has 32 heavy (non-hydrogen) atoms. The van der Waals surface area contributed by atoms with E-state index in [-0.39, 0.29) is 17.6 Å². The maximum Gasteiger partial charge on any atom is 0.291 e.